The van der Waals surface area contributed by atoms with E-state index in [-0.39, 0.29) is 34.0 Å². The van der Waals surface area contributed by atoms with Crippen molar-refractivity contribution in [2.45, 2.75) is 328 Å². The molecule has 10 heteroatoms. The number of nitrogens with zero attached hydrogens (tertiary/aromatic N) is 4. The summed E-state index contributed by atoms with van der Waals surface area (Å²) in [5.41, 5.74) is 25.4. The van der Waals surface area contributed by atoms with Crippen LogP contribution in [0.2, 0.25) is 0 Å². The molecule has 0 unspecified atom stereocenters. The Kier molecular flexibility index (Phi) is 30.8. The summed E-state index contributed by atoms with van der Waals surface area (Å²) in [7, 11) is 0. The fourth-order valence-electron chi connectivity index (χ4n) is 19.8. The number of rotatable bonds is 51. The van der Waals surface area contributed by atoms with Gasteiger partial charge in [-0.3, -0.25) is 0 Å². The number of thiophene rings is 1. The van der Waals surface area contributed by atoms with Crippen molar-refractivity contribution in [3.05, 3.63) is 197 Å². The Bertz CT molecular complexity index is 4800. The van der Waals surface area contributed by atoms with Gasteiger partial charge >= 0.3 is 17.8 Å². The number of carbonyl (C=O) groups excluding carboxylic acids is 1. The molecule has 0 spiro atoms. The molecule has 7 aromatic carbocycles. The number of hydrogen-bond acceptors (Lipinski definition) is 10. The molecule has 3 heterocycles. The Morgan fingerprint density at radius 3 is 1.03 bits per heavy atom. The van der Waals surface area contributed by atoms with Crippen LogP contribution >= 0.6 is 11.3 Å². The van der Waals surface area contributed by atoms with Crippen LogP contribution in [0.3, 0.4) is 0 Å². The largest absolute Gasteiger partial charge is 0.494 e. The molecule has 9 nitrogen and oxygen atoms in total. The highest BCUT2D eigenvalue weighted by molar-refractivity contribution is 7.18. The van der Waals surface area contributed by atoms with Crippen LogP contribution in [0.5, 0.6) is 5.75 Å². The first-order valence-electron chi connectivity index (χ1n) is 46.1. The Balaban J connectivity index is 0.755. The molecule has 0 aliphatic heterocycles. The molecule has 3 aromatic heterocycles. The van der Waals surface area contributed by atoms with E-state index >= 15 is 0 Å². The fourth-order valence-corrected chi connectivity index (χ4v) is 20.8. The summed E-state index contributed by atoms with van der Waals surface area (Å²) in [6, 6.07) is 57.1. The van der Waals surface area contributed by atoms with Gasteiger partial charge in [0, 0.05) is 42.7 Å². The predicted molar refractivity (Wildman–Crippen MR) is 486 cm³/mol. The third-order valence-electron chi connectivity index (χ3n) is 26.3. The molecule has 0 bridgehead atoms. The molecule has 10 aromatic rings. The smallest absolute Gasteiger partial charge is 0.333 e. The van der Waals surface area contributed by atoms with Crippen molar-refractivity contribution in [2.24, 2.45) is 0 Å². The van der Waals surface area contributed by atoms with Crippen LogP contribution in [0, 0.1) is 6.92 Å². The van der Waals surface area contributed by atoms with Crippen molar-refractivity contribution in [2.75, 3.05) is 13.2 Å². The minimum absolute atomic E-state index is 0.0744. The molecule has 0 N–H and O–H groups in total. The second-order valence-electron chi connectivity index (χ2n) is 34.8. The second kappa shape index (κ2) is 41.8. The van der Waals surface area contributed by atoms with Crippen LogP contribution < -0.4 is 4.74 Å². The average Bonchev–Trinajstić information content (AvgIpc) is 1.57. The lowest BCUT2D eigenvalue weighted by Gasteiger charge is -2.34. The number of carbonyl (C=O) groups is 1. The van der Waals surface area contributed by atoms with Crippen LogP contribution in [0.15, 0.2) is 167 Å². The second-order valence-corrected chi connectivity index (χ2v) is 35.9. The quantitative estimate of drug-likeness (QED) is 0.0209. The van der Waals surface area contributed by atoms with E-state index in [0.29, 0.717) is 24.0 Å². The maximum atomic E-state index is 11.6. The number of hydrogen-bond donors (Lipinski definition) is 0. The lowest BCUT2D eigenvalue weighted by Crippen LogP contribution is -2.26. The van der Waals surface area contributed by atoms with Gasteiger partial charge < -0.3 is 18.3 Å². The molecule has 614 valence electrons. The Morgan fingerprint density at radius 2 is 0.621 bits per heavy atom. The van der Waals surface area contributed by atoms with E-state index in [1.807, 2.05) is 11.3 Å². The fraction of sp³-hybridized carbons (Fsp3) is 0.500. The van der Waals surface area contributed by atoms with Gasteiger partial charge in [0.1, 0.15) is 5.75 Å². The minimum atomic E-state index is -0.285. The van der Waals surface area contributed by atoms with Crippen LogP contribution in [-0.2, 0) is 25.8 Å². The topological polar surface area (TPSA) is 113 Å². The zero-order valence-electron chi connectivity index (χ0n) is 72.0. The molecule has 0 radical (unpaired) electrons. The first-order valence-corrected chi connectivity index (χ1v) is 46.9. The third-order valence-corrected chi connectivity index (χ3v) is 27.4. The van der Waals surface area contributed by atoms with Crippen molar-refractivity contribution in [3.63, 3.8) is 0 Å². The Labute approximate surface area is 700 Å². The molecule has 3 aliphatic rings. The molecule has 0 fully saturated rings. The summed E-state index contributed by atoms with van der Waals surface area (Å²) in [5, 5.41) is 18.9. The molecule has 3 aliphatic carbocycles. The highest BCUT2D eigenvalue weighted by Crippen LogP contribution is 2.60. The van der Waals surface area contributed by atoms with Gasteiger partial charge in [-0.15, -0.1) is 31.7 Å². The van der Waals surface area contributed by atoms with Gasteiger partial charge in [0.15, 0.2) is 0 Å². The average molecular weight is 1580 g/mol. The summed E-state index contributed by atoms with van der Waals surface area (Å²) >= 11 is 1.90. The number of ether oxygens (including phenoxy) is 2. The Morgan fingerprint density at radius 1 is 0.328 bits per heavy atom. The van der Waals surface area contributed by atoms with Gasteiger partial charge in [-0.1, -0.05) is 326 Å². The molecular weight excluding hydrogens is 1440 g/mol. The SMILES string of the molecule is C=C(C)C(=O)OCCCCCCCCCCOc1ccc(-c2ccc(-c3ccc4c(c3)C(CCCCC)(CCCCC)c3cc(-c5ccc6c(c5)C(CCCCCC)(CCCCCC)c5cc(-c7nnc(-c8nnc(-c9ccc%10c(c9)C(CCCCCCCC)(CCCCCCCC)c9cc(C)ccc9-%10)o8)o7)ccc5-6)ccc3-4)s2)cc1. The highest BCUT2D eigenvalue weighted by atomic mass is 32.1. The van der Waals surface area contributed by atoms with Gasteiger partial charge in [0.05, 0.1) is 13.2 Å². The van der Waals surface area contributed by atoms with E-state index in [0.717, 1.165) is 94.1 Å². The predicted octanol–water partition coefficient (Wildman–Crippen LogP) is 31.8. The summed E-state index contributed by atoms with van der Waals surface area (Å²) in [6.07, 6.45) is 48.0. The molecule has 13 rings (SSSR count). The Hall–Kier alpha value is -8.47. The molecule has 0 amide bonds. The van der Waals surface area contributed by atoms with Gasteiger partial charge in [0.2, 0.25) is 11.8 Å². The maximum absolute atomic E-state index is 11.6. The van der Waals surface area contributed by atoms with Gasteiger partial charge in [-0.2, -0.15) is 0 Å². The van der Waals surface area contributed by atoms with Crippen LogP contribution in [0.4, 0.5) is 0 Å². The monoisotopic (exact) mass is 1580 g/mol. The molecule has 0 atom stereocenters. The zero-order chi connectivity index (χ0) is 80.7. The van der Waals surface area contributed by atoms with Crippen molar-refractivity contribution in [1.82, 2.24) is 20.4 Å². The van der Waals surface area contributed by atoms with E-state index in [1.54, 1.807) is 6.92 Å². The standard InChI is InChI=1S/C106H134N4O5S/c1-10-16-22-26-32-40-66-104(67-41-33-27-23-17-11-2)91-70-77(9)44-54-85(91)89-58-50-82(74-95(89)104)99-107-109-101(114-99)102-110-108-100(115-102)83-51-59-90-87-56-48-80(72-93(87)106(96(90)75-83,64-38-24-18-12-3)65-39-25-19-13-4)79-47-55-86-88-57-49-81(73-94(88)105(92(86)71-79,62-36-20-14-5)63-37-21-15-6)98-61-60-97(116-98)78-45-52-84(53-46-78)112-68-42-34-30-28-29-31-35-43-69-113-103(111)76(7)8/h44-61,70-75H,7,10-43,62-69H2,1-6,8-9H3. The lowest BCUT2D eigenvalue weighted by atomic mass is 9.69. The third kappa shape index (κ3) is 19.8. The number of aryl methyl sites for hydroxylation is 1. The first kappa shape index (κ1) is 85.4. The molecular formula is C106H134N4O5S. The number of unbranched alkanes of at least 4 members (excludes halogenated alkanes) is 27. The van der Waals surface area contributed by atoms with E-state index < -0.39 is 0 Å². The van der Waals surface area contributed by atoms with E-state index in [1.165, 1.54) is 291 Å². The van der Waals surface area contributed by atoms with Crippen molar-refractivity contribution in [3.8, 4) is 106 Å². The highest BCUT2D eigenvalue weighted by Gasteiger charge is 2.46. The van der Waals surface area contributed by atoms with E-state index in [9.17, 15) is 4.79 Å². The van der Waals surface area contributed by atoms with Gasteiger partial charge in [-0.05, 0) is 233 Å². The van der Waals surface area contributed by atoms with Crippen LogP contribution in [0.25, 0.3) is 100 Å². The van der Waals surface area contributed by atoms with Crippen molar-refractivity contribution in [1.29, 1.82) is 0 Å². The number of esters is 1. The summed E-state index contributed by atoms with van der Waals surface area (Å²) in [5.74, 6) is 2.05. The van der Waals surface area contributed by atoms with Crippen molar-refractivity contribution >= 4 is 17.3 Å². The molecule has 116 heavy (non-hydrogen) atoms. The minimum Gasteiger partial charge on any atom is -0.494 e. The number of aromatic nitrogens is 4. The van der Waals surface area contributed by atoms with E-state index in [4.69, 9.17) is 28.5 Å². The van der Waals surface area contributed by atoms with Gasteiger partial charge in [0.25, 0.3) is 0 Å². The van der Waals surface area contributed by atoms with E-state index in [2.05, 4.69) is 211 Å². The summed E-state index contributed by atoms with van der Waals surface area (Å²) in [4.78, 5) is 14.2. The lowest BCUT2D eigenvalue weighted by molar-refractivity contribution is -0.139. The molecule has 0 saturated carbocycles. The summed E-state index contributed by atoms with van der Waals surface area (Å²) < 4.78 is 24.9. The number of benzene rings is 7. The van der Waals surface area contributed by atoms with Crippen LogP contribution in [-0.4, -0.2) is 39.6 Å². The van der Waals surface area contributed by atoms with Crippen LogP contribution in [0.1, 0.15) is 344 Å². The summed E-state index contributed by atoms with van der Waals surface area (Å²) in [6.45, 7) is 22.8. The van der Waals surface area contributed by atoms with Gasteiger partial charge in [-0.25, -0.2) is 4.79 Å². The molecule has 0 saturated heterocycles. The van der Waals surface area contributed by atoms with Crippen molar-refractivity contribution < 1.29 is 23.1 Å². The zero-order valence-corrected chi connectivity index (χ0v) is 72.8. The number of fused-ring (bicyclic) bond motifs is 9. The normalized spacial score (nSPS) is 13.7. The maximum Gasteiger partial charge on any atom is 0.333 e. The first-order chi connectivity index (χ1) is 56.9.